The van der Waals surface area contributed by atoms with E-state index < -0.39 is 0 Å². The Kier molecular flexibility index (Phi) is 5.12. The van der Waals surface area contributed by atoms with Gasteiger partial charge in [0.05, 0.1) is 6.54 Å². The highest BCUT2D eigenvalue weighted by atomic mass is 32.1. The molecule has 0 saturated carbocycles. The maximum absolute atomic E-state index is 12.3. The molecule has 0 fully saturated rings. The lowest BCUT2D eigenvalue weighted by Gasteiger charge is -2.27. The Balaban J connectivity index is 1.95. The fraction of sp³-hybridized carbons (Fsp3) is 0.333. The van der Waals surface area contributed by atoms with Gasteiger partial charge in [0.25, 0.3) is 0 Å². The number of nitrogens with one attached hydrogen (secondary N) is 1. The monoisotopic (exact) mass is 289 g/mol. The Morgan fingerprint density at radius 2 is 2.10 bits per heavy atom. The van der Waals surface area contributed by atoms with Gasteiger partial charge >= 0.3 is 0 Å². The molecule has 1 heterocycles. The van der Waals surface area contributed by atoms with Gasteiger partial charge in [-0.2, -0.15) is 0 Å². The summed E-state index contributed by atoms with van der Waals surface area (Å²) in [6, 6.07) is 10.2. The molecule has 0 atom stereocenters. The van der Waals surface area contributed by atoms with Gasteiger partial charge in [0.15, 0.2) is 5.13 Å². The minimum Gasteiger partial charge on any atom is -0.352 e. The third kappa shape index (κ3) is 4.06. The molecular formula is C15H19N3OS. The molecule has 0 bridgehead atoms. The van der Waals surface area contributed by atoms with E-state index in [2.05, 4.69) is 10.3 Å². The Bertz CT molecular complexity index is 525. The zero-order chi connectivity index (χ0) is 14.4. The van der Waals surface area contributed by atoms with Crippen LogP contribution in [0.15, 0.2) is 41.9 Å². The number of nitrogens with zero attached hydrogens (tertiary/aromatic N) is 2. The molecule has 2 rings (SSSR count). The molecule has 1 N–H and O–H groups in total. The molecule has 20 heavy (non-hydrogen) atoms. The van der Waals surface area contributed by atoms with Gasteiger partial charge < -0.3 is 10.2 Å². The van der Waals surface area contributed by atoms with Crippen molar-refractivity contribution in [2.45, 2.75) is 26.4 Å². The summed E-state index contributed by atoms with van der Waals surface area (Å²) >= 11 is 1.50. The molecule has 1 aromatic heterocycles. The van der Waals surface area contributed by atoms with Crippen LogP contribution in [0.5, 0.6) is 0 Å². The molecule has 0 saturated heterocycles. The second-order valence-electron chi connectivity index (χ2n) is 4.79. The molecular weight excluding hydrogens is 270 g/mol. The fourth-order valence-electron chi connectivity index (χ4n) is 1.90. The first kappa shape index (κ1) is 14.5. The lowest BCUT2D eigenvalue weighted by molar-refractivity contribution is -0.131. The summed E-state index contributed by atoms with van der Waals surface area (Å²) in [7, 11) is 0. The number of thiazole rings is 1. The number of benzene rings is 1. The van der Waals surface area contributed by atoms with Crippen LogP contribution >= 0.6 is 11.3 Å². The maximum atomic E-state index is 12.3. The van der Waals surface area contributed by atoms with E-state index in [1.807, 2.05) is 54.5 Å². The van der Waals surface area contributed by atoms with Crippen LogP contribution in [0.1, 0.15) is 19.4 Å². The molecule has 1 amide bonds. The summed E-state index contributed by atoms with van der Waals surface area (Å²) < 4.78 is 0. The SMILES string of the molecule is CC(C)N(Cc1ccccc1)C(=O)CNc1nccs1. The number of carbonyl (C=O) groups excluding carboxylic acids is 1. The molecule has 0 unspecified atom stereocenters. The number of hydrogen-bond acceptors (Lipinski definition) is 4. The van der Waals surface area contributed by atoms with E-state index in [1.54, 1.807) is 6.20 Å². The summed E-state index contributed by atoms with van der Waals surface area (Å²) in [5, 5.41) is 5.73. The molecule has 0 aliphatic carbocycles. The summed E-state index contributed by atoms with van der Waals surface area (Å²) in [5.41, 5.74) is 1.14. The zero-order valence-electron chi connectivity index (χ0n) is 11.7. The second-order valence-corrected chi connectivity index (χ2v) is 5.69. The van der Waals surface area contributed by atoms with Crippen LogP contribution < -0.4 is 5.32 Å². The predicted octanol–water partition coefficient (Wildman–Crippen LogP) is 2.99. The third-order valence-electron chi connectivity index (χ3n) is 2.96. The Morgan fingerprint density at radius 1 is 1.35 bits per heavy atom. The van der Waals surface area contributed by atoms with Crippen molar-refractivity contribution < 1.29 is 4.79 Å². The van der Waals surface area contributed by atoms with Crippen molar-refractivity contribution in [1.82, 2.24) is 9.88 Å². The minimum absolute atomic E-state index is 0.0825. The van der Waals surface area contributed by atoms with Crippen molar-refractivity contribution in [2.24, 2.45) is 0 Å². The van der Waals surface area contributed by atoms with Gasteiger partial charge in [0, 0.05) is 24.2 Å². The average molecular weight is 289 g/mol. The van der Waals surface area contributed by atoms with E-state index in [0.717, 1.165) is 10.7 Å². The van der Waals surface area contributed by atoms with E-state index >= 15 is 0 Å². The summed E-state index contributed by atoms with van der Waals surface area (Å²) in [5.74, 6) is 0.0825. The highest BCUT2D eigenvalue weighted by molar-refractivity contribution is 7.13. The summed E-state index contributed by atoms with van der Waals surface area (Å²) in [6.45, 7) is 4.98. The molecule has 2 aromatic rings. The van der Waals surface area contributed by atoms with Crippen molar-refractivity contribution in [3.8, 4) is 0 Å². The second kappa shape index (κ2) is 7.05. The van der Waals surface area contributed by atoms with E-state index in [0.29, 0.717) is 6.54 Å². The highest BCUT2D eigenvalue weighted by Crippen LogP contribution is 2.12. The first-order chi connectivity index (χ1) is 9.66. The largest absolute Gasteiger partial charge is 0.352 e. The quantitative estimate of drug-likeness (QED) is 0.889. The normalized spacial score (nSPS) is 10.6. The molecule has 1 aromatic carbocycles. The van der Waals surface area contributed by atoms with Crippen molar-refractivity contribution >= 4 is 22.4 Å². The first-order valence-electron chi connectivity index (χ1n) is 6.63. The fourth-order valence-corrected chi connectivity index (χ4v) is 2.43. The van der Waals surface area contributed by atoms with Crippen LogP contribution in [0.3, 0.4) is 0 Å². The molecule has 4 nitrogen and oxygen atoms in total. The zero-order valence-corrected chi connectivity index (χ0v) is 12.6. The number of hydrogen-bond donors (Lipinski definition) is 1. The Morgan fingerprint density at radius 3 is 2.70 bits per heavy atom. The number of aromatic nitrogens is 1. The molecule has 5 heteroatoms. The molecule has 106 valence electrons. The topological polar surface area (TPSA) is 45.2 Å². The molecule has 0 spiro atoms. The smallest absolute Gasteiger partial charge is 0.242 e. The Labute approximate surface area is 123 Å². The highest BCUT2D eigenvalue weighted by Gasteiger charge is 2.17. The maximum Gasteiger partial charge on any atom is 0.242 e. The van der Waals surface area contributed by atoms with Gasteiger partial charge in [-0.1, -0.05) is 30.3 Å². The molecule has 0 aliphatic rings. The summed E-state index contributed by atoms with van der Waals surface area (Å²) in [6.07, 6.45) is 1.72. The van der Waals surface area contributed by atoms with Gasteiger partial charge in [-0.15, -0.1) is 11.3 Å². The van der Waals surface area contributed by atoms with Crippen LogP contribution in [0.25, 0.3) is 0 Å². The predicted molar refractivity (Wildman–Crippen MR) is 82.7 cm³/mol. The Hall–Kier alpha value is -1.88. The van der Waals surface area contributed by atoms with Gasteiger partial charge in [-0.3, -0.25) is 4.79 Å². The number of anilines is 1. The average Bonchev–Trinajstić information content (AvgIpc) is 2.96. The lowest BCUT2D eigenvalue weighted by atomic mass is 10.2. The molecule has 0 aliphatic heterocycles. The third-order valence-corrected chi connectivity index (χ3v) is 3.69. The van der Waals surface area contributed by atoms with Crippen molar-refractivity contribution in [2.75, 3.05) is 11.9 Å². The van der Waals surface area contributed by atoms with Gasteiger partial charge in [0.2, 0.25) is 5.91 Å². The van der Waals surface area contributed by atoms with Gasteiger partial charge in [-0.25, -0.2) is 4.98 Å². The van der Waals surface area contributed by atoms with E-state index in [9.17, 15) is 4.79 Å². The number of carbonyl (C=O) groups is 1. The van der Waals surface area contributed by atoms with Crippen LogP contribution in [-0.4, -0.2) is 28.4 Å². The summed E-state index contributed by atoms with van der Waals surface area (Å²) in [4.78, 5) is 18.3. The van der Waals surface area contributed by atoms with Crippen LogP contribution in [0.2, 0.25) is 0 Å². The van der Waals surface area contributed by atoms with E-state index in [-0.39, 0.29) is 18.5 Å². The minimum atomic E-state index is 0.0825. The van der Waals surface area contributed by atoms with E-state index in [1.165, 1.54) is 11.3 Å². The number of rotatable bonds is 6. The molecule has 0 radical (unpaired) electrons. The van der Waals surface area contributed by atoms with Crippen molar-refractivity contribution in [3.63, 3.8) is 0 Å². The van der Waals surface area contributed by atoms with Crippen LogP contribution in [0.4, 0.5) is 5.13 Å². The van der Waals surface area contributed by atoms with Crippen molar-refractivity contribution in [1.29, 1.82) is 0 Å². The standard InChI is InChI=1S/C15H19N3OS/c1-12(2)18(11-13-6-4-3-5-7-13)14(19)10-17-15-16-8-9-20-15/h3-9,12H,10-11H2,1-2H3,(H,16,17). The lowest BCUT2D eigenvalue weighted by Crippen LogP contribution is -2.39. The van der Waals surface area contributed by atoms with Gasteiger partial charge in [-0.05, 0) is 19.4 Å². The van der Waals surface area contributed by atoms with Crippen LogP contribution in [0, 0.1) is 0 Å². The number of amides is 1. The van der Waals surface area contributed by atoms with Gasteiger partial charge in [0.1, 0.15) is 0 Å². The van der Waals surface area contributed by atoms with Crippen molar-refractivity contribution in [3.05, 3.63) is 47.5 Å². The van der Waals surface area contributed by atoms with E-state index in [4.69, 9.17) is 0 Å². The first-order valence-corrected chi connectivity index (χ1v) is 7.51. The van der Waals surface area contributed by atoms with Crippen LogP contribution in [-0.2, 0) is 11.3 Å².